The van der Waals surface area contributed by atoms with E-state index >= 15 is 0 Å². The van der Waals surface area contributed by atoms with E-state index in [-0.39, 0.29) is 5.91 Å². The van der Waals surface area contributed by atoms with Crippen LogP contribution in [0.2, 0.25) is 5.02 Å². The second-order valence-corrected chi connectivity index (χ2v) is 5.58. The van der Waals surface area contributed by atoms with Crippen molar-refractivity contribution in [3.63, 3.8) is 0 Å². The first-order valence-corrected chi connectivity index (χ1v) is 7.87. The first-order valence-electron chi connectivity index (χ1n) is 7.50. The van der Waals surface area contributed by atoms with E-state index in [1.807, 2.05) is 42.5 Å². The first-order chi connectivity index (χ1) is 10.7. The van der Waals surface area contributed by atoms with Crippen molar-refractivity contribution in [1.82, 2.24) is 10.6 Å². The van der Waals surface area contributed by atoms with Crippen molar-refractivity contribution < 1.29 is 4.79 Å². The molecule has 0 aliphatic heterocycles. The summed E-state index contributed by atoms with van der Waals surface area (Å²) in [7, 11) is 0. The van der Waals surface area contributed by atoms with Gasteiger partial charge in [0.05, 0.1) is 0 Å². The van der Waals surface area contributed by atoms with Gasteiger partial charge in [-0.1, -0.05) is 54.1 Å². The van der Waals surface area contributed by atoms with Crippen LogP contribution in [0.5, 0.6) is 0 Å². The molecule has 0 saturated heterocycles. The Bertz CT molecular complexity index is 587. The van der Waals surface area contributed by atoms with Crippen LogP contribution in [0.3, 0.4) is 0 Å². The fraction of sp³-hybridized carbons (Fsp3) is 0.278. The first kappa shape index (κ1) is 16.5. The summed E-state index contributed by atoms with van der Waals surface area (Å²) < 4.78 is 0. The molecule has 0 aliphatic rings. The van der Waals surface area contributed by atoms with Gasteiger partial charge in [0, 0.05) is 31.1 Å². The Morgan fingerprint density at radius 1 is 0.955 bits per heavy atom. The summed E-state index contributed by atoms with van der Waals surface area (Å²) in [5, 5.41) is 6.93. The largest absolute Gasteiger partial charge is 0.356 e. The normalized spacial score (nSPS) is 10.4. The summed E-state index contributed by atoms with van der Waals surface area (Å²) in [5.41, 5.74) is 2.36. The lowest BCUT2D eigenvalue weighted by Crippen LogP contribution is -2.29. The molecule has 2 aromatic rings. The molecule has 0 bridgehead atoms. The Kier molecular flexibility index (Phi) is 6.94. The quantitative estimate of drug-likeness (QED) is 0.734. The molecule has 0 aromatic heterocycles. The number of halogens is 1. The molecule has 0 atom stereocenters. The van der Waals surface area contributed by atoms with E-state index in [0.717, 1.165) is 23.6 Å². The van der Waals surface area contributed by atoms with Gasteiger partial charge < -0.3 is 10.6 Å². The van der Waals surface area contributed by atoms with E-state index < -0.39 is 0 Å². The zero-order valence-electron chi connectivity index (χ0n) is 12.5. The minimum absolute atomic E-state index is 0.0718. The molecule has 0 fully saturated rings. The zero-order valence-corrected chi connectivity index (χ0v) is 13.3. The topological polar surface area (TPSA) is 41.1 Å². The third kappa shape index (κ3) is 6.29. The van der Waals surface area contributed by atoms with Gasteiger partial charge in [0.15, 0.2) is 0 Å². The molecule has 0 unspecified atom stereocenters. The molecule has 2 aromatic carbocycles. The minimum Gasteiger partial charge on any atom is -0.356 e. The van der Waals surface area contributed by atoms with Gasteiger partial charge in [0.25, 0.3) is 0 Å². The molecule has 0 spiro atoms. The molecule has 3 nitrogen and oxygen atoms in total. The number of hydrogen-bond acceptors (Lipinski definition) is 2. The highest BCUT2D eigenvalue weighted by atomic mass is 35.5. The van der Waals surface area contributed by atoms with Gasteiger partial charge in [-0.15, -0.1) is 0 Å². The van der Waals surface area contributed by atoms with Crippen LogP contribution < -0.4 is 10.6 Å². The van der Waals surface area contributed by atoms with Gasteiger partial charge in [0.2, 0.25) is 5.91 Å². The smallest absolute Gasteiger partial charge is 0.221 e. The van der Waals surface area contributed by atoms with E-state index in [1.54, 1.807) is 0 Å². The maximum atomic E-state index is 11.7. The zero-order chi connectivity index (χ0) is 15.6. The third-order valence-corrected chi connectivity index (χ3v) is 3.56. The number of rotatable bonds is 8. The van der Waals surface area contributed by atoms with Crippen LogP contribution >= 0.6 is 11.6 Å². The number of nitrogens with one attached hydrogen (secondary N) is 2. The van der Waals surface area contributed by atoms with Crippen molar-refractivity contribution in [2.24, 2.45) is 0 Å². The molecule has 4 heteroatoms. The van der Waals surface area contributed by atoms with Crippen LogP contribution in [0.4, 0.5) is 0 Å². The van der Waals surface area contributed by atoms with E-state index in [2.05, 4.69) is 22.8 Å². The number of amides is 1. The van der Waals surface area contributed by atoms with Crippen molar-refractivity contribution >= 4 is 17.5 Å². The van der Waals surface area contributed by atoms with Crippen molar-refractivity contribution in [2.45, 2.75) is 19.4 Å². The number of carbonyl (C=O) groups is 1. The monoisotopic (exact) mass is 316 g/mol. The highest BCUT2D eigenvalue weighted by Crippen LogP contribution is 2.10. The fourth-order valence-electron chi connectivity index (χ4n) is 2.16. The molecular weight excluding hydrogens is 296 g/mol. The molecule has 116 valence electrons. The van der Waals surface area contributed by atoms with Crippen LogP contribution in [0.25, 0.3) is 0 Å². The van der Waals surface area contributed by atoms with Crippen LogP contribution in [0.1, 0.15) is 17.5 Å². The molecule has 0 saturated carbocycles. The van der Waals surface area contributed by atoms with Crippen LogP contribution in [-0.2, 0) is 17.8 Å². The lowest BCUT2D eigenvalue weighted by atomic mass is 10.1. The van der Waals surface area contributed by atoms with Gasteiger partial charge in [-0.25, -0.2) is 0 Å². The van der Waals surface area contributed by atoms with E-state index in [1.165, 1.54) is 5.56 Å². The molecule has 0 heterocycles. The van der Waals surface area contributed by atoms with Crippen molar-refractivity contribution in [3.8, 4) is 0 Å². The summed E-state index contributed by atoms with van der Waals surface area (Å²) in [6.45, 7) is 2.10. The van der Waals surface area contributed by atoms with Gasteiger partial charge in [-0.05, 0) is 29.7 Å². The SMILES string of the molecule is O=C(CCNCc1ccccc1)NCCc1cccc(Cl)c1. The van der Waals surface area contributed by atoms with E-state index in [0.29, 0.717) is 19.5 Å². The lowest BCUT2D eigenvalue weighted by Gasteiger charge is -2.07. The third-order valence-electron chi connectivity index (χ3n) is 3.33. The predicted molar refractivity (Wildman–Crippen MR) is 90.9 cm³/mol. The molecule has 1 amide bonds. The average Bonchev–Trinajstić information content (AvgIpc) is 2.53. The van der Waals surface area contributed by atoms with Crippen molar-refractivity contribution in [1.29, 1.82) is 0 Å². The maximum Gasteiger partial charge on any atom is 0.221 e. The van der Waals surface area contributed by atoms with Gasteiger partial charge >= 0.3 is 0 Å². The molecule has 0 radical (unpaired) electrons. The molecule has 2 rings (SSSR count). The lowest BCUT2D eigenvalue weighted by molar-refractivity contribution is -0.120. The second kappa shape index (κ2) is 9.23. The number of benzene rings is 2. The second-order valence-electron chi connectivity index (χ2n) is 5.14. The molecule has 22 heavy (non-hydrogen) atoms. The Labute approximate surface area is 136 Å². The predicted octanol–water partition coefficient (Wildman–Crippen LogP) is 3.18. The summed E-state index contributed by atoms with van der Waals surface area (Å²) in [4.78, 5) is 11.7. The minimum atomic E-state index is 0.0718. The maximum absolute atomic E-state index is 11.7. The van der Waals surface area contributed by atoms with Crippen LogP contribution in [-0.4, -0.2) is 19.0 Å². The Hall–Kier alpha value is -1.84. The molecular formula is C18H21ClN2O. The Morgan fingerprint density at radius 2 is 1.73 bits per heavy atom. The summed E-state index contributed by atoms with van der Waals surface area (Å²) in [6, 6.07) is 17.9. The number of hydrogen-bond donors (Lipinski definition) is 2. The average molecular weight is 317 g/mol. The van der Waals surface area contributed by atoms with Gasteiger partial charge in [-0.3, -0.25) is 4.79 Å². The molecule has 2 N–H and O–H groups in total. The molecule has 0 aliphatic carbocycles. The standard InChI is InChI=1S/C18H21ClN2O/c19-17-8-4-7-15(13-17)9-12-21-18(22)10-11-20-14-16-5-2-1-3-6-16/h1-8,13,20H,9-12,14H2,(H,21,22). The van der Waals surface area contributed by atoms with Crippen LogP contribution in [0, 0.1) is 0 Å². The Balaban J connectivity index is 1.56. The highest BCUT2D eigenvalue weighted by Gasteiger charge is 2.01. The highest BCUT2D eigenvalue weighted by molar-refractivity contribution is 6.30. The van der Waals surface area contributed by atoms with E-state index in [9.17, 15) is 4.79 Å². The Morgan fingerprint density at radius 3 is 2.50 bits per heavy atom. The fourth-order valence-corrected chi connectivity index (χ4v) is 2.37. The summed E-state index contributed by atoms with van der Waals surface area (Å²) >= 11 is 5.93. The van der Waals surface area contributed by atoms with Gasteiger partial charge in [-0.2, -0.15) is 0 Å². The van der Waals surface area contributed by atoms with Gasteiger partial charge in [0.1, 0.15) is 0 Å². The summed E-state index contributed by atoms with van der Waals surface area (Å²) in [5.74, 6) is 0.0718. The number of carbonyl (C=O) groups excluding carboxylic acids is 1. The van der Waals surface area contributed by atoms with E-state index in [4.69, 9.17) is 11.6 Å². The van der Waals surface area contributed by atoms with Crippen LogP contribution in [0.15, 0.2) is 54.6 Å². The van der Waals surface area contributed by atoms with Crippen molar-refractivity contribution in [3.05, 3.63) is 70.7 Å². The van der Waals surface area contributed by atoms with Crippen molar-refractivity contribution in [2.75, 3.05) is 13.1 Å². The summed E-state index contributed by atoms with van der Waals surface area (Å²) in [6.07, 6.45) is 1.28.